The first-order chi connectivity index (χ1) is 5.66. The molecule has 0 aliphatic carbocycles. The molecule has 1 aliphatic rings. The van der Waals surface area contributed by atoms with Gasteiger partial charge in [-0.2, -0.15) is 0 Å². The molecule has 14 heavy (non-hydrogen) atoms. The van der Waals surface area contributed by atoms with Gasteiger partial charge in [0.15, 0.2) is 6.04 Å². The zero-order valence-electron chi connectivity index (χ0n) is 8.25. The Labute approximate surface area is 125 Å². The predicted molar refractivity (Wildman–Crippen MR) is 46.7 cm³/mol. The van der Waals surface area contributed by atoms with Crippen molar-refractivity contribution in [2.75, 3.05) is 6.54 Å². The summed E-state index contributed by atoms with van der Waals surface area (Å²) in [6.45, 7) is 0.310. The van der Waals surface area contributed by atoms with E-state index in [4.69, 9.17) is 10.3 Å². The minimum absolute atomic E-state index is 0. The van der Waals surface area contributed by atoms with E-state index in [2.05, 4.69) is 5.28 Å². The van der Waals surface area contributed by atoms with E-state index < -0.39 is 12.0 Å². The number of hydrazine groups is 1. The molecule has 1 atom stereocenters. The van der Waals surface area contributed by atoms with Crippen LogP contribution in [0.2, 0.25) is 0 Å². The molecule has 70 valence electrons. The Balaban J connectivity index is 0. The van der Waals surface area contributed by atoms with E-state index in [9.17, 15) is 10.0 Å². The van der Waals surface area contributed by atoms with Crippen LogP contribution in [0.1, 0.15) is 12.8 Å². The fourth-order valence-corrected chi connectivity index (χ4v) is 1.26. The Morgan fingerprint density at radius 2 is 2.14 bits per heavy atom. The van der Waals surface area contributed by atoms with E-state index in [1.165, 1.54) is 0 Å². The van der Waals surface area contributed by atoms with Crippen LogP contribution in [-0.2, 0) is 4.79 Å². The maximum atomic E-state index is 10.7. The molecular weight excluding hydrogens is 212 g/mol. The van der Waals surface area contributed by atoms with Gasteiger partial charge in [-0.3, -0.25) is 0 Å². The number of rotatable bonds is 2. The van der Waals surface area contributed by atoms with Gasteiger partial charge in [-0.15, -0.1) is 5.01 Å². The molecule has 0 spiro atoms. The fraction of sp³-hybridized carbons (Fsp3) is 0.800. The predicted octanol–water partition coefficient (Wildman–Crippen LogP) is -0.960. The zero-order chi connectivity index (χ0) is 9.14. The minimum atomic E-state index is -1.07. The molecule has 1 fully saturated rings. The van der Waals surface area contributed by atoms with E-state index in [-0.39, 0.29) is 64.1 Å². The van der Waals surface area contributed by atoms with Gasteiger partial charge < -0.3 is 15.5 Å². The maximum absolute atomic E-state index is 10.7. The van der Waals surface area contributed by atoms with E-state index in [0.29, 0.717) is 19.4 Å². The summed E-state index contributed by atoms with van der Waals surface area (Å²) in [7, 11) is 0. The summed E-state index contributed by atoms with van der Waals surface area (Å²) in [4.78, 5) is 10.4. The monoisotopic (exact) mass is 221 g/mol. The Bertz CT molecular complexity index is 225. The topological polar surface area (TPSA) is 99.2 Å². The van der Waals surface area contributed by atoms with Crippen molar-refractivity contribution in [2.45, 2.75) is 18.9 Å². The van der Waals surface area contributed by atoms with Gasteiger partial charge in [-0.1, -0.05) is 0 Å². The van der Waals surface area contributed by atoms with Crippen LogP contribution in [0.5, 0.6) is 0 Å². The van der Waals surface area contributed by atoms with Crippen molar-refractivity contribution in [1.82, 2.24) is 5.01 Å². The first-order valence-electron chi connectivity index (χ1n) is 3.48. The molecule has 0 amide bonds. The molecule has 2 N–H and O–H groups in total. The van der Waals surface area contributed by atoms with Crippen molar-refractivity contribution in [2.24, 2.45) is 5.28 Å². The molecule has 0 saturated carbocycles. The SMILES string of the molecule is O=C(O)[C@@H]1CCCN1/[N+]([O-])=N/O.[Na].[Na]. The van der Waals surface area contributed by atoms with Gasteiger partial charge in [0.2, 0.25) is 5.28 Å². The Morgan fingerprint density at radius 1 is 1.57 bits per heavy atom. The Hall–Kier alpha value is 0.470. The normalized spacial score (nSPS) is 21.0. The van der Waals surface area contributed by atoms with Gasteiger partial charge in [0.05, 0.1) is 11.5 Å². The summed E-state index contributed by atoms with van der Waals surface area (Å²) in [5.74, 6) is -1.07. The summed E-state index contributed by atoms with van der Waals surface area (Å²) in [5.41, 5.74) is 0. The van der Waals surface area contributed by atoms with Crippen LogP contribution in [0.3, 0.4) is 0 Å². The van der Waals surface area contributed by atoms with Crippen LogP contribution in [-0.4, -0.2) is 98.0 Å². The average molecular weight is 221 g/mol. The molecule has 0 aromatic carbocycles. The third-order valence-electron chi connectivity index (χ3n) is 1.81. The standard InChI is InChI=1S/C5H9N3O4.2Na/c9-5(10)4-2-1-3-7(4)8(12)6-11;;/h4,11H,1-3H2,(H,9,10);;/b8-6-;;/t4-;;/m0../s1. The average Bonchev–Trinajstić information content (AvgIpc) is 2.50. The van der Waals surface area contributed by atoms with Crippen molar-refractivity contribution >= 4 is 65.1 Å². The third kappa shape index (κ3) is 3.92. The second-order valence-electron chi connectivity index (χ2n) is 2.50. The summed E-state index contributed by atoms with van der Waals surface area (Å²) >= 11 is 0. The Kier molecular flexibility index (Phi) is 9.31. The molecular formula is C5H9N3Na2O4. The number of carboxylic acid groups (broad SMARTS) is 1. The molecule has 7 nitrogen and oxygen atoms in total. The molecule has 1 aliphatic heterocycles. The number of carboxylic acids is 1. The van der Waals surface area contributed by atoms with E-state index in [0.717, 1.165) is 5.01 Å². The smallest absolute Gasteiger partial charge is 0.332 e. The number of hydrogen-bond donors (Lipinski definition) is 2. The Morgan fingerprint density at radius 3 is 2.57 bits per heavy atom. The van der Waals surface area contributed by atoms with E-state index >= 15 is 0 Å². The third-order valence-corrected chi connectivity index (χ3v) is 1.81. The number of nitrogens with zero attached hydrogens (tertiary/aromatic N) is 3. The van der Waals surface area contributed by atoms with Crippen LogP contribution in [0.15, 0.2) is 5.28 Å². The number of aliphatic carboxylic acids is 1. The minimum Gasteiger partial charge on any atom is -0.569 e. The van der Waals surface area contributed by atoms with E-state index in [1.807, 2.05) is 0 Å². The van der Waals surface area contributed by atoms with Crippen LogP contribution in [0.4, 0.5) is 0 Å². The molecule has 0 unspecified atom stereocenters. The zero-order valence-corrected chi connectivity index (χ0v) is 12.3. The molecule has 1 rings (SSSR count). The molecule has 1 heterocycles. The quantitative estimate of drug-likeness (QED) is 0.271. The molecule has 0 aromatic rings. The summed E-state index contributed by atoms with van der Waals surface area (Å²) in [6, 6.07) is -0.863. The van der Waals surface area contributed by atoms with Crippen LogP contribution in [0.25, 0.3) is 0 Å². The van der Waals surface area contributed by atoms with Gasteiger partial charge in [0, 0.05) is 59.1 Å². The second-order valence-corrected chi connectivity index (χ2v) is 2.50. The van der Waals surface area contributed by atoms with Crippen LogP contribution >= 0.6 is 0 Å². The van der Waals surface area contributed by atoms with Gasteiger partial charge in [-0.25, -0.2) is 4.79 Å². The summed E-state index contributed by atoms with van der Waals surface area (Å²) in [6.07, 6.45) is 1.02. The van der Waals surface area contributed by atoms with Crippen molar-refractivity contribution in [3.05, 3.63) is 5.21 Å². The second kappa shape index (κ2) is 7.72. The van der Waals surface area contributed by atoms with Gasteiger partial charge >= 0.3 is 5.97 Å². The van der Waals surface area contributed by atoms with Gasteiger partial charge in [0.25, 0.3) is 0 Å². The number of hydrogen-bond acceptors (Lipinski definition) is 3. The van der Waals surface area contributed by atoms with Gasteiger partial charge in [0.1, 0.15) is 0 Å². The first kappa shape index (κ1) is 16.9. The van der Waals surface area contributed by atoms with Crippen LogP contribution in [0, 0.1) is 5.21 Å². The molecule has 2 radical (unpaired) electrons. The first-order valence-corrected chi connectivity index (χ1v) is 3.48. The maximum Gasteiger partial charge on any atom is 0.332 e. The van der Waals surface area contributed by atoms with Gasteiger partial charge in [-0.05, 0) is 12.8 Å². The summed E-state index contributed by atoms with van der Waals surface area (Å²) < 4.78 is 0. The van der Waals surface area contributed by atoms with Crippen molar-refractivity contribution in [1.29, 1.82) is 0 Å². The fourth-order valence-electron chi connectivity index (χ4n) is 1.26. The summed E-state index contributed by atoms with van der Waals surface area (Å²) in [5, 5.41) is 30.7. The van der Waals surface area contributed by atoms with Crippen molar-refractivity contribution in [3.63, 3.8) is 0 Å². The van der Waals surface area contributed by atoms with E-state index in [1.54, 1.807) is 0 Å². The molecule has 1 saturated heterocycles. The molecule has 0 aromatic heterocycles. The van der Waals surface area contributed by atoms with Crippen molar-refractivity contribution in [3.8, 4) is 0 Å². The van der Waals surface area contributed by atoms with Crippen molar-refractivity contribution < 1.29 is 20.1 Å². The molecule has 9 heteroatoms. The molecule has 0 bridgehead atoms. The number of carbonyl (C=O) groups is 1. The van der Waals surface area contributed by atoms with Crippen LogP contribution < -0.4 is 0 Å². The largest absolute Gasteiger partial charge is 0.569 e.